The molecule has 1 aliphatic heterocycles. The number of benzene rings is 2. The molecule has 2 aromatic carbocycles. The number of amides is 2. The van der Waals surface area contributed by atoms with E-state index in [0.717, 1.165) is 16.8 Å². The average molecular weight is 439 g/mol. The second-order valence-corrected chi connectivity index (χ2v) is 7.42. The van der Waals surface area contributed by atoms with Crippen LogP contribution in [0, 0.1) is 0 Å². The first-order chi connectivity index (χ1) is 14.9. The molecule has 0 bridgehead atoms. The number of thiocarbonyl (C=S) groups is 1. The fraction of sp³-hybridized carbons (Fsp3) is 0.261. The van der Waals surface area contributed by atoms with Crippen LogP contribution in [0.15, 0.2) is 65.9 Å². The Balaban J connectivity index is 1.79. The van der Waals surface area contributed by atoms with E-state index in [2.05, 4.69) is 16.0 Å². The highest BCUT2D eigenvalue weighted by molar-refractivity contribution is 7.80. The van der Waals surface area contributed by atoms with Crippen molar-refractivity contribution < 1.29 is 14.3 Å². The first-order valence-corrected chi connectivity index (χ1v) is 10.4. The molecule has 1 aliphatic rings. The third-order valence-corrected chi connectivity index (χ3v) is 5.43. The molecule has 2 amide bonds. The molecule has 7 nitrogen and oxygen atoms in total. The number of esters is 1. The van der Waals surface area contributed by atoms with Crippen LogP contribution in [0.3, 0.4) is 0 Å². The predicted molar refractivity (Wildman–Crippen MR) is 124 cm³/mol. The maximum Gasteiger partial charge on any atom is 0.337 e. The van der Waals surface area contributed by atoms with Crippen LogP contribution >= 0.6 is 12.2 Å². The lowest BCUT2D eigenvalue weighted by Crippen LogP contribution is -2.47. The first-order valence-electron chi connectivity index (χ1n) is 10.0. The van der Waals surface area contributed by atoms with Gasteiger partial charge in [0.25, 0.3) is 0 Å². The van der Waals surface area contributed by atoms with Crippen LogP contribution in [0.1, 0.15) is 31.0 Å². The van der Waals surface area contributed by atoms with Gasteiger partial charge in [0.05, 0.1) is 18.7 Å². The number of carbonyl (C=O) groups excluding carboxylic acids is 2. The number of urea groups is 1. The van der Waals surface area contributed by atoms with Gasteiger partial charge < -0.3 is 25.6 Å². The van der Waals surface area contributed by atoms with Crippen molar-refractivity contribution in [3.8, 4) is 0 Å². The number of methoxy groups -OCH3 is 1. The molecule has 2 aromatic rings. The van der Waals surface area contributed by atoms with E-state index in [1.54, 1.807) is 6.07 Å². The molecule has 0 aliphatic carbocycles. The number of nitrogens with one attached hydrogen (secondary N) is 3. The third-order valence-electron chi connectivity index (χ3n) is 5.09. The lowest BCUT2D eigenvalue weighted by molar-refractivity contribution is -0.136. The Hall–Kier alpha value is -3.39. The Bertz CT molecular complexity index is 1010. The van der Waals surface area contributed by atoms with E-state index < -0.39 is 12.0 Å². The molecule has 3 rings (SSSR count). The number of hydrogen-bond acceptors (Lipinski definition) is 4. The van der Waals surface area contributed by atoms with Gasteiger partial charge in [0.15, 0.2) is 5.11 Å². The molecule has 0 spiro atoms. The van der Waals surface area contributed by atoms with Crippen LogP contribution in [0.25, 0.3) is 0 Å². The molecular weight excluding hydrogens is 412 g/mol. The van der Waals surface area contributed by atoms with E-state index >= 15 is 0 Å². The minimum absolute atomic E-state index is 0.315. The van der Waals surface area contributed by atoms with E-state index in [-0.39, 0.29) is 6.03 Å². The van der Waals surface area contributed by atoms with Gasteiger partial charge in [0.1, 0.15) is 0 Å². The van der Waals surface area contributed by atoms with Crippen LogP contribution in [-0.2, 0) is 16.1 Å². The van der Waals surface area contributed by atoms with Crippen molar-refractivity contribution in [3.05, 3.63) is 77.0 Å². The summed E-state index contributed by atoms with van der Waals surface area (Å²) in [6, 6.07) is 16.2. The van der Waals surface area contributed by atoms with Crippen molar-refractivity contribution in [2.24, 2.45) is 0 Å². The summed E-state index contributed by atoms with van der Waals surface area (Å²) in [5.74, 6) is -0.421. The van der Waals surface area contributed by atoms with Crippen LogP contribution in [0.4, 0.5) is 10.5 Å². The van der Waals surface area contributed by atoms with Gasteiger partial charge in [-0.15, -0.1) is 0 Å². The Morgan fingerprint density at radius 1 is 1.16 bits per heavy atom. The summed E-state index contributed by atoms with van der Waals surface area (Å²) < 4.78 is 5.02. The van der Waals surface area contributed by atoms with E-state index in [9.17, 15) is 9.59 Å². The van der Waals surface area contributed by atoms with Crippen LogP contribution in [0.5, 0.6) is 0 Å². The number of ether oxygens (including phenoxy) is 1. The molecule has 0 radical (unpaired) electrons. The topological polar surface area (TPSA) is 82.7 Å². The molecule has 3 N–H and O–H groups in total. The number of rotatable bonds is 6. The summed E-state index contributed by atoms with van der Waals surface area (Å²) in [6.07, 6.45) is 0. The molecule has 0 unspecified atom stereocenters. The fourth-order valence-electron chi connectivity index (χ4n) is 3.54. The largest absolute Gasteiger partial charge is 0.466 e. The zero-order valence-electron chi connectivity index (χ0n) is 17.8. The minimum atomic E-state index is -0.475. The Morgan fingerprint density at radius 2 is 1.90 bits per heavy atom. The molecule has 0 fully saturated rings. The summed E-state index contributed by atoms with van der Waals surface area (Å²) in [7, 11) is 1.36. The van der Waals surface area contributed by atoms with Gasteiger partial charge in [-0.3, -0.25) is 0 Å². The summed E-state index contributed by atoms with van der Waals surface area (Å²) in [5, 5.41) is 9.44. The zero-order chi connectivity index (χ0) is 22.4. The molecule has 31 heavy (non-hydrogen) atoms. The quantitative estimate of drug-likeness (QED) is 0.471. The van der Waals surface area contributed by atoms with Gasteiger partial charge in [-0.1, -0.05) is 42.5 Å². The van der Waals surface area contributed by atoms with Gasteiger partial charge in [-0.2, -0.15) is 0 Å². The van der Waals surface area contributed by atoms with Crippen LogP contribution in [0.2, 0.25) is 0 Å². The Morgan fingerprint density at radius 3 is 2.58 bits per heavy atom. The normalized spacial score (nSPS) is 15.9. The molecule has 0 saturated heterocycles. The second kappa shape index (κ2) is 10.1. The zero-order valence-corrected chi connectivity index (χ0v) is 18.6. The van der Waals surface area contributed by atoms with Gasteiger partial charge in [-0.05, 0) is 49.3 Å². The van der Waals surface area contributed by atoms with Crippen molar-refractivity contribution >= 4 is 35.0 Å². The lowest BCUT2D eigenvalue weighted by Gasteiger charge is -2.37. The first kappa shape index (κ1) is 22.3. The van der Waals surface area contributed by atoms with Crippen molar-refractivity contribution in [1.82, 2.24) is 15.5 Å². The highest BCUT2D eigenvalue weighted by atomic mass is 32.1. The third kappa shape index (κ3) is 5.21. The SMILES string of the molecule is CCN1C(=S)N[C@H](c2cccc(NC(=O)NCc3ccccc3)c2)C(C(=O)OC)=C1C. The highest BCUT2D eigenvalue weighted by Gasteiger charge is 2.34. The van der Waals surface area contributed by atoms with Crippen LogP contribution < -0.4 is 16.0 Å². The Labute approximate surface area is 187 Å². The van der Waals surface area contributed by atoms with E-state index in [4.69, 9.17) is 17.0 Å². The van der Waals surface area contributed by atoms with Crippen molar-refractivity contribution in [1.29, 1.82) is 0 Å². The molecule has 1 heterocycles. The smallest absolute Gasteiger partial charge is 0.337 e. The maximum atomic E-state index is 12.5. The minimum Gasteiger partial charge on any atom is -0.466 e. The number of allylic oxidation sites excluding steroid dienone is 1. The maximum absolute atomic E-state index is 12.5. The standard InChI is InChI=1S/C23H26N4O3S/c1-4-27-15(2)19(21(28)30-3)20(26-23(27)31)17-11-8-12-18(13-17)25-22(29)24-14-16-9-6-5-7-10-16/h5-13,20H,4,14H2,1-3H3,(H,26,31)(H2,24,25,29)/t20-/m1/s1. The number of carbonyl (C=O) groups is 2. The monoisotopic (exact) mass is 438 g/mol. The molecule has 0 aromatic heterocycles. The average Bonchev–Trinajstić information content (AvgIpc) is 2.78. The van der Waals surface area contributed by atoms with E-state index in [1.807, 2.05) is 67.3 Å². The van der Waals surface area contributed by atoms with Crippen molar-refractivity contribution in [2.75, 3.05) is 19.0 Å². The molecule has 8 heteroatoms. The van der Waals surface area contributed by atoms with E-state index in [1.165, 1.54) is 7.11 Å². The molecular formula is C23H26N4O3S. The van der Waals surface area contributed by atoms with Gasteiger partial charge >= 0.3 is 12.0 Å². The van der Waals surface area contributed by atoms with Gasteiger partial charge in [-0.25, -0.2) is 9.59 Å². The molecule has 0 saturated carbocycles. The summed E-state index contributed by atoms with van der Waals surface area (Å²) in [4.78, 5) is 26.7. The van der Waals surface area contributed by atoms with Gasteiger partial charge in [0.2, 0.25) is 0 Å². The summed E-state index contributed by atoms with van der Waals surface area (Å²) in [5.41, 5.74) is 3.65. The van der Waals surface area contributed by atoms with E-state index in [0.29, 0.717) is 29.5 Å². The number of nitrogens with zero attached hydrogens (tertiary/aromatic N) is 1. The Kier molecular flexibility index (Phi) is 7.25. The fourth-order valence-corrected chi connectivity index (χ4v) is 3.92. The van der Waals surface area contributed by atoms with Crippen molar-refractivity contribution in [2.45, 2.75) is 26.4 Å². The lowest BCUT2D eigenvalue weighted by atomic mass is 9.94. The number of anilines is 1. The van der Waals surface area contributed by atoms with Gasteiger partial charge in [0, 0.05) is 24.5 Å². The summed E-state index contributed by atoms with van der Waals surface area (Å²) in [6.45, 7) is 4.88. The number of hydrogen-bond donors (Lipinski definition) is 3. The second-order valence-electron chi connectivity index (χ2n) is 7.04. The summed E-state index contributed by atoms with van der Waals surface area (Å²) >= 11 is 5.49. The predicted octanol–water partition coefficient (Wildman–Crippen LogP) is 3.71. The van der Waals surface area contributed by atoms with Crippen molar-refractivity contribution in [3.63, 3.8) is 0 Å². The molecule has 1 atom stereocenters. The molecule has 162 valence electrons. The van der Waals surface area contributed by atoms with Crippen LogP contribution in [-0.4, -0.2) is 35.7 Å². The highest BCUT2D eigenvalue weighted by Crippen LogP contribution is 2.32.